The molecule has 3 aromatic rings. The van der Waals surface area contributed by atoms with Gasteiger partial charge in [-0.2, -0.15) is 0 Å². The van der Waals surface area contributed by atoms with Crippen LogP contribution in [0.3, 0.4) is 0 Å². The van der Waals surface area contributed by atoms with E-state index in [9.17, 15) is 9.59 Å². The lowest BCUT2D eigenvalue weighted by molar-refractivity contribution is -0.114. The molecule has 1 aromatic heterocycles. The number of aromatic nitrogens is 1. The molecule has 0 saturated carbocycles. The van der Waals surface area contributed by atoms with E-state index < -0.39 is 0 Å². The van der Waals surface area contributed by atoms with Gasteiger partial charge in [-0.05, 0) is 42.5 Å². The van der Waals surface area contributed by atoms with Gasteiger partial charge in [-0.25, -0.2) is 0 Å². The van der Waals surface area contributed by atoms with Crippen LogP contribution < -0.4 is 15.4 Å². The van der Waals surface area contributed by atoms with Crippen molar-refractivity contribution in [3.05, 3.63) is 84.2 Å². The second kappa shape index (κ2) is 8.62. The number of rotatable bonds is 6. The van der Waals surface area contributed by atoms with E-state index in [1.807, 2.05) is 24.3 Å². The highest BCUT2D eigenvalue weighted by Crippen LogP contribution is 2.19. The number of hydrogen-bond donors (Lipinski definition) is 2. The van der Waals surface area contributed by atoms with Crippen LogP contribution in [0.15, 0.2) is 73.1 Å². The van der Waals surface area contributed by atoms with Crippen LogP contribution in [0.1, 0.15) is 22.8 Å². The zero-order chi connectivity index (χ0) is 19.1. The largest absolute Gasteiger partial charge is 0.489 e. The van der Waals surface area contributed by atoms with Crippen LogP contribution in [0.2, 0.25) is 0 Å². The summed E-state index contributed by atoms with van der Waals surface area (Å²) < 4.78 is 5.74. The molecule has 3 rings (SSSR count). The molecule has 0 atom stereocenters. The van der Waals surface area contributed by atoms with Crippen molar-refractivity contribution in [1.82, 2.24) is 4.98 Å². The number of benzene rings is 2. The van der Waals surface area contributed by atoms with Crippen LogP contribution in [0.4, 0.5) is 11.4 Å². The Morgan fingerprint density at radius 1 is 0.963 bits per heavy atom. The van der Waals surface area contributed by atoms with Crippen LogP contribution >= 0.6 is 0 Å². The van der Waals surface area contributed by atoms with Crippen molar-refractivity contribution in [1.29, 1.82) is 0 Å². The van der Waals surface area contributed by atoms with Crippen LogP contribution in [-0.2, 0) is 11.4 Å². The first-order valence-electron chi connectivity index (χ1n) is 8.41. The van der Waals surface area contributed by atoms with Gasteiger partial charge in [-0.15, -0.1) is 0 Å². The van der Waals surface area contributed by atoms with E-state index in [4.69, 9.17) is 4.74 Å². The summed E-state index contributed by atoms with van der Waals surface area (Å²) in [5.74, 6) is 0.252. The Kier molecular flexibility index (Phi) is 5.79. The van der Waals surface area contributed by atoms with Gasteiger partial charge in [0, 0.05) is 47.9 Å². The number of pyridine rings is 1. The fourth-order valence-corrected chi connectivity index (χ4v) is 2.43. The van der Waals surface area contributed by atoms with Gasteiger partial charge in [0.15, 0.2) is 0 Å². The maximum Gasteiger partial charge on any atom is 0.255 e. The Bertz CT molecular complexity index is 925. The maximum absolute atomic E-state index is 12.4. The molecule has 0 aliphatic rings. The van der Waals surface area contributed by atoms with Crippen LogP contribution in [0.25, 0.3) is 0 Å². The van der Waals surface area contributed by atoms with Gasteiger partial charge in [-0.1, -0.05) is 12.1 Å². The number of hydrogen-bond acceptors (Lipinski definition) is 4. The molecule has 2 aromatic carbocycles. The van der Waals surface area contributed by atoms with E-state index in [-0.39, 0.29) is 11.8 Å². The predicted octanol–water partition coefficient (Wildman–Crippen LogP) is 3.87. The minimum Gasteiger partial charge on any atom is -0.489 e. The topological polar surface area (TPSA) is 80.3 Å². The molecule has 2 N–H and O–H groups in total. The minimum atomic E-state index is -0.242. The second-order valence-corrected chi connectivity index (χ2v) is 5.89. The number of ether oxygens (including phenoxy) is 1. The maximum atomic E-state index is 12.4. The molecule has 1 heterocycles. The van der Waals surface area contributed by atoms with Gasteiger partial charge in [-0.3, -0.25) is 14.6 Å². The molecule has 0 aliphatic heterocycles. The quantitative estimate of drug-likeness (QED) is 0.698. The number of carbonyl (C=O) groups excluding carboxylic acids is 2. The van der Waals surface area contributed by atoms with Crippen molar-refractivity contribution >= 4 is 23.2 Å². The Morgan fingerprint density at radius 3 is 2.48 bits per heavy atom. The molecule has 0 unspecified atom stereocenters. The number of carbonyl (C=O) groups is 2. The average molecular weight is 361 g/mol. The molecule has 0 spiro atoms. The summed E-state index contributed by atoms with van der Waals surface area (Å²) in [7, 11) is 0. The Hall–Kier alpha value is -3.67. The van der Waals surface area contributed by atoms with Crippen LogP contribution in [0.5, 0.6) is 5.75 Å². The Balaban J connectivity index is 1.61. The fraction of sp³-hybridized carbons (Fsp3) is 0.0952. The first-order chi connectivity index (χ1) is 13.1. The van der Waals surface area contributed by atoms with Crippen molar-refractivity contribution in [3.8, 4) is 5.75 Å². The molecule has 6 heteroatoms. The summed E-state index contributed by atoms with van der Waals surface area (Å²) in [6.45, 7) is 1.83. The molecule has 6 nitrogen and oxygen atoms in total. The molecule has 0 radical (unpaired) electrons. The number of nitrogens with one attached hydrogen (secondary N) is 2. The highest BCUT2D eigenvalue weighted by Gasteiger charge is 2.07. The van der Waals surface area contributed by atoms with Gasteiger partial charge in [0.1, 0.15) is 12.4 Å². The van der Waals surface area contributed by atoms with Gasteiger partial charge in [0.2, 0.25) is 5.91 Å². The van der Waals surface area contributed by atoms with Crippen LogP contribution in [0, 0.1) is 0 Å². The van der Waals surface area contributed by atoms with E-state index in [1.54, 1.807) is 48.8 Å². The van der Waals surface area contributed by atoms with E-state index in [0.717, 1.165) is 5.56 Å². The van der Waals surface area contributed by atoms with Crippen molar-refractivity contribution < 1.29 is 14.3 Å². The molecular weight excluding hydrogens is 342 g/mol. The monoisotopic (exact) mass is 361 g/mol. The summed E-state index contributed by atoms with van der Waals surface area (Å²) in [5.41, 5.74) is 2.73. The summed E-state index contributed by atoms with van der Waals surface area (Å²) in [6.07, 6.45) is 3.46. The molecule has 0 fully saturated rings. The summed E-state index contributed by atoms with van der Waals surface area (Å²) in [5, 5.41) is 5.50. The lowest BCUT2D eigenvalue weighted by Crippen LogP contribution is -2.12. The third kappa shape index (κ3) is 5.40. The fourth-order valence-electron chi connectivity index (χ4n) is 2.43. The molecule has 2 amide bonds. The molecular formula is C21H19N3O3. The van der Waals surface area contributed by atoms with Gasteiger partial charge in [0.25, 0.3) is 5.91 Å². The van der Waals surface area contributed by atoms with Crippen molar-refractivity contribution in [2.45, 2.75) is 13.5 Å². The highest BCUT2D eigenvalue weighted by molar-refractivity contribution is 6.04. The van der Waals surface area contributed by atoms with Gasteiger partial charge < -0.3 is 15.4 Å². The second-order valence-electron chi connectivity index (χ2n) is 5.89. The average Bonchev–Trinajstić information content (AvgIpc) is 2.67. The molecule has 0 saturated heterocycles. The van der Waals surface area contributed by atoms with Gasteiger partial charge in [0.05, 0.1) is 0 Å². The lowest BCUT2D eigenvalue weighted by Gasteiger charge is -2.10. The standard InChI is InChI=1S/C21H19N3O3/c1-15(25)23-18-9-7-17(8-10-18)21(26)24-19-5-2-6-20(12-19)27-14-16-4-3-11-22-13-16/h2-13H,14H2,1H3,(H,23,25)(H,24,26). The van der Waals surface area contributed by atoms with E-state index in [1.165, 1.54) is 6.92 Å². The van der Waals surface area contributed by atoms with Crippen molar-refractivity contribution in [3.63, 3.8) is 0 Å². The summed E-state index contributed by atoms with van der Waals surface area (Å²) in [4.78, 5) is 27.5. The molecule has 0 bridgehead atoms. The van der Waals surface area contributed by atoms with E-state index in [0.29, 0.717) is 29.3 Å². The van der Waals surface area contributed by atoms with E-state index in [2.05, 4.69) is 15.6 Å². The highest BCUT2D eigenvalue weighted by atomic mass is 16.5. The van der Waals surface area contributed by atoms with Crippen molar-refractivity contribution in [2.24, 2.45) is 0 Å². The SMILES string of the molecule is CC(=O)Nc1ccc(C(=O)Nc2cccc(OCc3cccnc3)c2)cc1. The molecule has 0 aliphatic carbocycles. The minimum absolute atomic E-state index is 0.157. The smallest absolute Gasteiger partial charge is 0.255 e. The first-order valence-corrected chi connectivity index (χ1v) is 8.41. The number of nitrogens with zero attached hydrogens (tertiary/aromatic N) is 1. The van der Waals surface area contributed by atoms with E-state index >= 15 is 0 Å². The number of anilines is 2. The normalized spacial score (nSPS) is 10.1. The van der Waals surface area contributed by atoms with Gasteiger partial charge >= 0.3 is 0 Å². The summed E-state index contributed by atoms with van der Waals surface area (Å²) in [6, 6.07) is 17.7. The number of amides is 2. The lowest BCUT2D eigenvalue weighted by atomic mass is 10.2. The summed E-state index contributed by atoms with van der Waals surface area (Å²) >= 11 is 0. The third-order valence-corrected chi connectivity index (χ3v) is 3.69. The Morgan fingerprint density at radius 2 is 1.78 bits per heavy atom. The molecule has 27 heavy (non-hydrogen) atoms. The van der Waals surface area contributed by atoms with Crippen molar-refractivity contribution in [2.75, 3.05) is 10.6 Å². The zero-order valence-corrected chi connectivity index (χ0v) is 14.8. The first kappa shape index (κ1) is 18.1. The zero-order valence-electron chi connectivity index (χ0n) is 14.8. The predicted molar refractivity (Wildman–Crippen MR) is 104 cm³/mol. The molecule has 136 valence electrons. The third-order valence-electron chi connectivity index (χ3n) is 3.69. The Labute approximate surface area is 157 Å². The van der Waals surface area contributed by atoms with Crippen LogP contribution in [-0.4, -0.2) is 16.8 Å².